The molecule has 1 unspecified atom stereocenters. The number of carbonyl (C=O) groups excluding carboxylic acids is 1. The Balaban J connectivity index is 2.34. The van der Waals surface area contributed by atoms with Crippen LogP contribution in [0.25, 0.3) is 0 Å². The van der Waals surface area contributed by atoms with Gasteiger partial charge in [-0.15, -0.1) is 0 Å². The summed E-state index contributed by atoms with van der Waals surface area (Å²) in [4.78, 5) is 13.6. The van der Waals surface area contributed by atoms with Gasteiger partial charge in [0.05, 0.1) is 11.6 Å². The summed E-state index contributed by atoms with van der Waals surface area (Å²) in [7, 11) is 1.88. The zero-order valence-corrected chi connectivity index (χ0v) is 8.47. The molecule has 1 atom stereocenters. The number of hydrogen-bond donors (Lipinski definition) is 1. The molecule has 0 radical (unpaired) electrons. The summed E-state index contributed by atoms with van der Waals surface area (Å²) in [5, 5.41) is 0. The smallest absolute Gasteiger partial charge is 0.323 e. The van der Waals surface area contributed by atoms with Crippen LogP contribution >= 0.6 is 12.2 Å². The second-order valence-electron chi connectivity index (χ2n) is 3.17. The summed E-state index contributed by atoms with van der Waals surface area (Å²) in [6, 6.07) is -0.102. The van der Waals surface area contributed by atoms with Crippen LogP contribution in [0.4, 0.5) is 0 Å². The number of likely N-dealkylation sites (N-methyl/N-ethyl adjacent to an activating group) is 1. The summed E-state index contributed by atoms with van der Waals surface area (Å²) in [5.74, 6) is -0.134. The number of nitrogens with zero attached hydrogens (tertiary/aromatic N) is 1. The van der Waals surface area contributed by atoms with Gasteiger partial charge in [-0.25, -0.2) is 0 Å². The highest BCUT2D eigenvalue weighted by Gasteiger charge is 2.29. The van der Waals surface area contributed by atoms with Crippen LogP contribution in [-0.4, -0.2) is 42.1 Å². The van der Waals surface area contributed by atoms with Gasteiger partial charge in [-0.2, -0.15) is 0 Å². The second kappa shape index (κ2) is 4.53. The Bertz CT molecular complexity index is 220. The van der Waals surface area contributed by atoms with Crippen molar-refractivity contribution < 1.29 is 9.53 Å². The van der Waals surface area contributed by atoms with Crippen molar-refractivity contribution in [3.63, 3.8) is 0 Å². The zero-order valence-electron chi connectivity index (χ0n) is 7.66. The predicted molar refractivity (Wildman–Crippen MR) is 53.4 cm³/mol. The van der Waals surface area contributed by atoms with E-state index in [9.17, 15) is 4.79 Å². The number of ether oxygens (including phenoxy) is 1. The molecule has 1 heterocycles. The van der Waals surface area contributed by atoms with Gasteiger partial charge in [0, 0.05) is 19.4 Å². The first-order chi connectivity index (χ1) is 6.11. The molecule has 1 rings (SSSR count). The van der Waals surface area contributed by atoms with Crippen molar-refractivity contribution >= 4 is 23.2 Å². The number of esters is 1. The lowest BCUT2D eigenvalue weighted by Crippen LogP contribution is -2.37. The second-order valence-corrected chi connectivity index (χ2v) is 3.69. The lowest BCUT2D eigenvalue weighted by molar-refractivity contribution is -0.141. The molecule has 0 aromatic carbocycles. The fraction of sp³-hybridized carbons (Fsp3) is 0.750. The minimum absolute atomic E-state index is 0.102. The third-order valence-electron chi connectivity index (χ3n) is 2.15. The van der Waals surface area contributed by atoms with Gasteiger partial charge in [-0.05, 0) is 7.05 Å². The van der Waals surface area contributed by atoms with E-state index in [2.05, 4.69) is 0 Å². The number of hydrogen-bond acceptors (Lipinski definition) is 4. The maximum atomic E-state index is 11.1. The monoisotopic (exact) mass is 202 g/mol. The predicted octanol–water partition coefficient (Wildman–Crippen LogP) is -0.0901. The Labute approximate surface area is 83.0 Å². The van der Waals surface area contributed by atoms with Crippen molar-refractivity contribution in [1.29, 1.82) is 0 Å². The molecule has 1 saturated heterocycles. The van der Waals surface area contributed by atoms with Gasteiger partial charge in [0.1, 0.15) is 6.04 Å². The highest BCUT2D eigenvalue weighted by Crippen LogP contribution is 2.12. The minimum atomic E-state index is -0.134. The Morgan fingerprint density at radius 1 is 1.85 bits per heavy atom. The summed E-state index contributed by atoms with van der Waals surface area (Å²) < 4.78 is 4.85. The Kier molecular flexibility index (Phi) is 3.62. The van der Waals surface area contributed by atoms with Crippen LogP contribution in [0, 0.1) is 0 Å². The van der Waals surface area contributed by atoms with E-state index < -0.39 is 0 Å². The molecule has 0 aromatic rings. The van der Waals surface area contributed by atoms with E-state index in [0.29, 0.717) is 18.0 Å². The van der Waals surface area contributed by atoms with Crippen LogP contribution in [0.3, 0.4) is 0 Å². The van der Waals surface area contributed by atoms with Gasteiger partial charge in [0.15, 0.2) is 0 Å². The van der Waals surface area contributed by atoms with Crippen molar-refractivity contribution in [2.45, 2.75) is 18.9 Å². The molecular weight excluding hydrogens is 188 g/mol. The molecule has 0 amide bonds. The van der Waals surface area contributed by atoms with E-state index in [-0.39, 0.29) is 12.0 Å². The van der Waals surface area contributed by atoms with E-state index >= 15 is 0 Å². The van der Waals surface area contributed by atoms with E-state index in [4.69, 9.17) is 22.7 Å². The van der Waals surface area contributed by atoms with Gasteiger partial charge < -0.3 is 10.5 Å². The SMILES string of the molecule is CN(CCC(N)=S)C1CCOC1=O. The first-order valence-electron chi connectivity index (χ1n) is 4.26. The van der Waals surface area contributed by atoms with Crippen LogP contribution < -0.4 is 5.73 Å². The molecule has 13 heavy (non-hydrogen) atoms. The molecule has 5 heteroatoms. The van der Waals surface area contributed by atoms with Gasteiger partial charge in [-0.3, -0.25) is 9.69 Å². The summed E-state index contributed by atoms with van der Waals surface area (Å²) in [6.45, 7) is 1.25. The molecule has 4 nitrogen and oxygen atoms in total. The van der Waals surface area contributed by atoms with Crippen molar-refractivity contribution in [1.82, 2.24) is 4.90 Å². The molecule has 0 saturated carbocycles. The van der Waals surface area contributed by atoms with E-state index in [1.165, 1.54) is 0 Å². The quantitative estimate of drug-likeness (QED) is 0.510. The normalized spacial score (nSPS) is 22.0. The maximum Gasteiger partial charge on any atom is 0.323 e. The van der Waals surface area contributed by atoms with Gasteiger partial charge in [0.25, 0.3) is 0 Å². The fourth-order valence-electron chi connectivity index (χ4n) is 1.33. The van der Waals surface area contributed by atoms with Crippen LogP contribution in [0.1, 0.15) is 12.8 Å². The van der Waals surface area contributed by atoms with Crippen molar-refractivity contribution in [2.75, 3.05) is 20.2 Å². The van der Waals surface area contributed by atoms with Gasteiger partial charge >= 0.3 is 5.97 Å². The number of carbonyl (C=O) groups is 1. The summed E-state index contributed by atoms with van der Waals surface area (Å²) in [6.07, 6.45) is 1.42. The Hall–Kier alpha value is -0.680. The summed E-state index contributed by atoms with van der Waals surface area (Å²) >= 11 is 4.75. The lowest BCUT2D eigenvalue weighted by atomic mass is 10.2. The molecule has 2 N–H and O–H groups in total. The number of rotatable bonds is 4. The molecule has 74 valence electrons. The minimum Gasteiger partial charge on any atom is -0.464 e. The largest absolute Gasteiger partial charge is 0.464 e. The fourth-order valence-corrected chi connectivity index (χ4v) is 1.42. The molecular formula is C8H14N2O2S. The van der Waals surface area contributed by atoms with E-state index in [0.717, 1.165) is 13.0 Å². The molecule has 0 aliphatic carbocycles. The lowest BCUT2D eigenvalue weighted by Gasteiger charge is -2.20. The molecule has 0 bridgehead atoms. The highest BCUT2D eigenvalue weighted by atomic mass is 32.1. The highest BCUT2D eigenvalue weighted by molar-refractivity contribution is 7.80. The molecule has 0 spiro atoms. The Morgan fingerprint density at radius 2 is 2.54 bits per heavy atom. The van der Waals surface area contributed by atoms with E-state index in [1.54, 1.807) is 0 Å². The third kappa shape index (κ3) is 2.93. The van der Waals surface area contributed by atoms with Crippen molar-refractivity contribution in [2.24, 2.45) is 5.73 Å². The maximum absolute atomic E-state index is 11.1. The van der Waals surface area contributed by atoms with Crippen LogP contribution in [0.2, 0.25) is 0 Å². The first-order valence-corrected chi connectivity index (χ1v) is 4.67. The molecule has 0 aromatic heterocycles. The average Bonchev–Trinajstić information content (AvgIpc) is 2.47. The molecule has 1 aliphatic heterocycles. The first kappa shape index (κ1) is 10.4. The van der Waals surface area contributed by atoms with Crippen LogP contribution in [0.5, 0.6) is 0 Å². The number of thiocarbonyl (C=S) groups is 1. The molecule has 1 fully saturated rings. The standard InChI is InChI=1S/C8H14N2O2S/c1-10(4-2-7(9)13)6-3-5-12-8(6)11/h6H,2-5H2,1H3,(H2,9,13). The number of cyclic esters (lactones) is 1. The third-order valence-corrected chi connectivity index (χ3v) is 2.35. The van der Waals surface area contributed by atoms with Crippen LogP contribution in [-0.2, 0) is 9.53 Å². The number of nitrogens with two attached hydrogens (primary N) is 1. The van der Waals surface area contributed by atoms with E-state index in [1.807, 2.05) is 11.9 Å². The van der Waals surface area contributed by atoms with Crippen LogP contribution in [0.15, 0.2) is 0 Å². The van der Waals surface area contributed by atoms with Crippen molar-refractivity contribution in [3.05, 3.63) is 0 Å². The van der Waals surface area contributed by atoms with Gasteiger partial charge in [0.2, 0.25) is 0 Å². The topological polar surface area (TPSA) is 55.6 Å². The molecule has 1 aliphatic rings. The van der Waals surface area contributed by atoms with Gasteiger partial charge in [-0.1, -0.05) is 12.2 Å². The average molecular weight is 202 g/mol. The zero-order chi connectivity index (χ0) is 9.84. The Morgan fingerprint density at radius 3 is 3.00 bits per heavy atom. The van der Waals surface area contributed by atoms with Crippen molar-refractivity contribution in [3.8, 4) is 0 Å². The summed E-state index contributed by atoms with van der Waals surface area (Å²) in [5.41, 5.74) is 5.36.